The second kappa shape index (κ2) is 4.42. The van der Waals surface area contributed by atoms with E-state index in [1.165, 1.54) is 12.8 Å². The smallest absolute Gasteiger partial charge is 0.159 e. The lowest BCUT2D eigenvalue weighted by Crippen LogP contribution is -2.32. The number of hydrogen-bond donors (Lipinski definition) is 3. The van der Waals surface area contributed by atoms with Crippen molar-refractivity contribution in [2.45, 2.75) is 36.3 Å². The molecule has 1 saturated carbocycles. The van der Waals surface area contributed by atoms with E-state index in [9.17, 15) is 15.3 Å². The van der Waals surface area contributed by atoms with Gasteiger partial charge in [0.2, 0.25) is 0 Å². The summed E-state index contributed by atoms with van der Waals surface area (Å²) in [5.41, 5.74) is 0. The third kappa shape index (κ3) is 1.78. The Morgan fingerprint density at radius 2 is 1.94 bits per heavy atom. The number of nitrogens with zero attached hydrogens (tertiary/aromatic N) is 2. The van der Waals surface area contributed by atoms with Crippen molar-refractivity contribution in [3.63, 3.8) is 0 Å². The lowest BCUT2D eigenvalue weighted by Gasteiger charge is -2.21. The minimum atomic E-state index is -0.841. The van der Waals surface area contributed by atoms with Crippen LogP contribution in [0.3, 0.4) is 0 Å². The van der Waals surface area contributed by atoms with Gasteiger partial charge in [0.1, 0.15) is 6.10 Å². The molecule has 0 bridgehead atoms. The van der Waals surface area contributed by atoms with Crippen LogP contribution in [0.2, 0.25) is 0 Å². The summed E-state index contributed by atoms with van der Waals surface area (Å²) in [6.07, 6.45) is 0.726. The number of aliphatic imine (C=N–C) groups is 1. The Bertz CT molecular complexity index is 333. The highest BCUT2D eigenvalue weighted by Gasteiger charge is 2.53. The van der Waals surface area contributed by atoms with Crippen LogP contribution >= 0.6 is 11.8 Å². The molecule has 0 radical (unpaired) electrons. The average Bonchev–Trinajstić information content (AvgIpc) is 2.99. The molecular weight excluding hydrogens is 240 g/mol. The van der Waals surface area contributed by atoms with Crippen LogP contribution < -0.4 is 0 Å². The quantitative estimate of drug-likeness (QED) is 0.578. The molecule has 17 heavy (non-hydrogen) atoms. The zero-order valence-electron chi connectivity index (χ0n) is 9.57. The molecule has 0 spiro atoms. The Morgan fingerprint density at radius 3 is 2.59 bits per heavy atom. The summed E-state index contributed by atoms with van der Waals surface area (Å²) < 4.78 is 0. The summed E-state index contributed by atoms with van der Waals surface area (Å²) in [6, 6.07) is -0.247. The third-order valence-corrected chi connectivity index (χ3v) is 5.46. The molecule has 2 fully saturated rings. The molecule has 5 nitrogen and oxygen atoms in total. The van der Waals surface area contributed by atoms with Crippen molar-refractivity contribution in [2.24, 2.45) is 10.9 Å². The molecule has 96 valence electrons. The van der Waals surface area contributed by atoms with Gasteiger partial charge in [-0.25, -0.2) is 0 Å². The SMILES string of the molecule is OC[C@H]1C2SC(N3CCCC3)=NC2[C@@H](O)[C@@H]1O. The minimum absolute atomic E-state index is 0.0283. The van der Waals surface area contributed by atoms with Crippen LogP contribution in [0.4, 0.5) is 0 Å². The van der Waals surface area contributed by atoms with Gasteiger partial charge in [0, 0.05) is 30.9 Å². The van der Waals surface area contributed by atoms with Gasteiger partial charge in [-0.2, -0.15) is 0 Å². The van der Waals surface area contributed by atoms with Gasteiger partial charge in [-0.15, -0.1) is 0 Å². The predicted molar refractivity (Wildman–Crippen MR) is 66.0 cm³/mol. The van der Waals surface area contributed by atoms with Crippen LogP contribution in [0.15, 0.2) is 4.99 Å². The van der Waals surface area contributed by atoms with Crippen molar-refractivity contribution in [1.29, 1.82) is 0 Å². The first kappa shape index (κ1) is 11.8. The monoisotopic (exact) mass is 258 g/mol. The van der Waals surface area contributed by atoms with E-state index in [4.69, 9.17) is 0 Å². The van der Waals surface area contributed by atoms with Gasteiger partial charge < -0.3 is 20.2 Å². The molecule has 1 saturated heterocycles. The number of amidine groups is 1. The number of likely N-dealkylation sites (tertiary alicyclic amines) is 1. The van der Waals surface area contributed by atoms with E-state index in [1.807, 2.05) is 0 Å². The van der Waals surface area contributed by atoms with E-state index in [1.54, 1.807) is 11.8 Å². The van der Waals surface area contributed by atoms with E-state index in [2.05, 4.69) is 9.89 Å². The summed E-state index contributed by atoms with van der Waals surface area (Å²) in [7, 11) is 0. The molecule has 3 N–H and O–H groups in total. The van der Waals surface area contributed by atoms with E-state index in [-0.39, 0.29) is 23.8 Å². The first-order valence-electron chi connectivity index (χ1n) is 6.19. The fourth-order valence-corrected chi connectivity index (χ4v) is 4.50. The average molecular weight is 258 g/mol. The van der Waals surface area contributed by atoms with Crippen molar-refractivity contribution in [1.82, 2.24) is 4.90 Å². The van der Waals surface area contributed by atoms with E-state index in [0.717, 1.165) is 18.3 Å². The number of aliphatic hydroxyl groups is 3. The summed E-state index contributed by atoms with van der Waals surface area (Å²) in [4.78, 5) is 6.79. The second-order valence-electron chi connectivity index (χ2n) is 5.01. The van der Waals surface area contributed by atoms with Gasteiger partial charge in [0.15, 0.2) is 5.17 Å². The maximum Gasteiger partial charge on any atom is 0.159 e. The molecule has 5 atom stereocenters. The largest absolute Gasteiger partial charge is 0.396 e. The Kier molecular flexibility index (Phi) is 3.06. The van der Waals surface area contributed by atoms with Crippen molar-refractivity contribution >= 4 is 16.9 Å². The van der Waals surface area contributed by atoms with Gasteiger partial charge in [-0.3, -0.25) is 4.99 Å². The third-order valence-electron chi connectivity index (χ3n) is 3.99. The molecule has 0 aromatic rings. The highest BCUT2D eigenvalue weighted by Crippen LogP contribution is 2.43. The minimum Gasteiger partial charge on any atom is -0.396 e. The number of aliphatic hydroxyl groups excluding tert-OH is 3. The Balaban J connectivity index is 1.77. The van der Waals surface area contributed by atoms with Gasteiger partial charge in [0.25, 0.3) is 0 Å². The first-order valence-corrected chi connectivity index (χ1v) is 7.06. The highest BCUT2D eigenvalue weighted by atomic mass is 32.2. The maximum absolute atomic E-state index is 9.93. The molecule has 0 aromatic carbocycles. The van der Waals surface area contributed by atoms with E-state index in [0.29, 0.717) is 0 Å². The Morgan fingerprint density at radius 1 is 1.24 bits per heavy atom. The van der Waals surface area contributed by atoms with Gasteiger partial charge >= 0.3 is 0 Å². The van der Waals surface area contributed by atoms with Crippen molar-refractivity contribution in [2.75, 3.05) is 19.7 Å². The van der Waals surface area contributed by atoms with Crippen LogP contribution in [-0.2, 0) is 0 Å². The first-order chi connectivity index (χ1) is 8.22. The molecule has 1 aliphatic carbocycles. The molecule has 3 rings (SSSR count). The second-order valence-corrected chi connectivity index (χ2v) is 6.15. The van der Waals surface area contributed by atoms with Crippen molar-refractivity contribution < 1.29 is 15.3 Å². The Hall–Kier alpha value is -0.300. The van der Waals surface area contributed by atoms with E-state index >= 15 is 0 Å². The van der Waals surface area contributed by atoms with Crippen LogP contribution in [-0.4, -0.2) is 68.6 Å². The zero-order chi connectivity index (χ0) is 12.0. The summed E-state index contributed by atoms with van der Waals surface area (Å²) >= 11 is 1.61. The van der Waals surface area contributed by atoms with Crippen molar-refractivity contribution in [3.8, 4) is 0 Å². The molecule has 0 amide bonds. The number of thioether (sulfide) groups is 1. The number of fused-ring (bicyclic) bond motifs is 1. The van der Waals surface area contributed by atoms with Crippen LogP contribution in [0.1, 0.15) is 12.8 Å². The predicted octanol–water partition coefficient (Wildman–Crippen LogP) is -0.734. The molecule has 3 aliphatic rings. The van der Waals surface area contributed by atoms with Crippen molar-refractivity contribution in [3.05, 3.63) is 0 Å². The normalized spacial score (nSPS) is 45.2. The molecule has 6 heteroatoms. The van der Waals surface area contributed by atoms with Crippen LogP contribution in [0.5, 0.6) is 0 Å². The number of rotatable bonds is 1. The lowest BCUT2D eigenvalue weighted by molar-refractivity contribution is 0.00323. The lowest BCUT2D eigenvalue weighted by atomic mass is 10.1. The summed E-state index contributed by atoms with van der Waals surface area (Å²) in [5, 5.41) is 30.1. The molecule has 2 aliphatic heterocycles. The molecule has 2 heterocycles. The number of hydrogen-bond acceptors (Lipinski definition) is 6. The Labute approximate surface area is 105 Å². The summed E-state index contributed by atoms with van der Waals surface area (Å²) in [6.45, 7) is 1.98. The highest BCUT2D eigenvalue weighted by molar-refractivity contribution is 8.14. The standard InChI is InChI=1S/C11H18N2O3S/c14-5-6-8(15)9(16)7-10(6)17-11(12-7)13-3-1-2-4-13/h6-10,14-16H,1-5H2/t6-,7?,8-,9-,10?/m1/s1. The fraction of sp³-hybridized carbons (Fsp3) is 0.909. The van der Waals surface area contributed by atoms with Gasteiger partial charge in [-0.05, 0) is 12.8 Å². The molecule has 2 unspecified atom stereocenters. The van der Waals surface area contributed by atoms with E-state index < -0.39 is 12.2 Å². The van der Waals surface area contributed by atoms with Crippen LogP contribution in [0.25, 0.3) is 0 Å². The van der Waals surface area contributed by atoms with Gasteiger partial charge in [-0.1, -0.05) is 11.8 Å². The van der Waals surface area contributed by atoms with Crippen LogP contribution in [0, 0.1) is 5.92 Å². The topological polar surface area (TPSA) is 76.3 Å². The zero-order valence-corrected chi connectivity index (χ0v) is 10.4. The molecular formula is C11H18N2O3S. The fourth-order valence-electron chi connectivity index (χ4n) is 2.96. The summed E-state index contributed by atoms with van der Waals surface area (Å²) in [5.74, 6) is -0.260. The van der Waals surface area contributed by atoms with Gasteiger partial charge in [0.05, 0.1) is 12.1 Å². The maximum atomic E-state index is 9.93. The molecule has 0 aromatic heterocycles.